The number of fused-ring (bicyclic) bond motifs is 7. The maximum Gasteiger partial charge on any atom is 0.339 e. The van der Waals surface area contributed by atoms with E-state index in [-0.39, 0.29) is 48.4 Å². The number of ketones is 2. The molecule has 4 fully saturated rings. The summed E-state index contributed by atoms with van der Waals surface area (Å²) in [6, 6.07) is 9.16. The first-order valence-electron chi connectivity index (χ1n) is 14.1. The third-order valence-electron chi connectivity index (χ3n) is 9.11. The molecule has 3 N–H and O–H groups in total. The van der Waals surface area contributed by atoms with Gasteiger partial charge in [0.25, 0.3) is 0 Å². The number of allylic oxidation sites excluding steroid dienone is 2. The Kier molecular flexibility index (Phi) is 6.74. The first-order valence-corrected chi connectivity index (χ1v) is 14.1. The fraction of sp³-hybridized carbons (Fsp3) is 0.406. The zero-order valence-corrected chi connectivity index (χ0v) is 22.9. The number of aromatic hydroxyl groups is 2. The van der Waals surface area contributed by atoms with Crippen molar-refractivity contribution >= 4 is 17.5 Å². The lowest BCUT2D eigenvalue weighted by Gasteiger charge is -2.52. The van der Waals surface area contributed by atoms with Gasteiger partial charge in [-0.15, -0.1) is 0 Å². The molecule has 5 heterocycles. The second-order valence-electron chi connectivity index (χ2n) is 11.2. The molecule has 41 heavy (non-hydrogen) atoms. The average Bonchev–Trinajstić information content (AvgIpc) is 3.24. The van der Waals surface area contributed by atoms with Gasteiger partial charge in [-0.1, -0.05) is 12.2 Å². The molecule has 0 saturated carbocycles. The molecule has 1 spiro atoms. The Balaban J connectivity index is 1.23. The number of aliphatic hydroxyl groups excluding tert-OH is 1. The molecule has 5 aliphatic heterocycles. The summed E-state index contributed by atoms with van der Waals surface area (Å²) in [4.78, 5) is 41.3. The SMILES string of the molecule is C/C=C1\C(=C/CCC(=O)CCC2(CO)C(=O)C3CCN2CC3)C(=O)OC12c1ccc(O)cc1Oc1cc(O)ccc12. The number of aliphatic hydroxyl groups is 1. The van der Waals surface area contributed by atoms with Gasteiger partial charge in [0.15, 0.2) is 11.4 Å². The summed E-state index contributed by atoms with van der Waals surface area (Å²) < 4.78 is 12.1. The van der Waals surface area contributed by atoms with Crippen molar-refractivity contribution in [3.63, 3.8) is 0 Å². The summed E-state index contributed by atoms with van der Waals surface area (Å²) in [5.74, 6) is -0.0147. The lowest BCUT2D eigenvalue weighted by molar-refractivity contribution is -0.153. The number of phenolic OH excluding ortho intramolecular Hbond substituents is 2. The fourth-order valence-electron chi connectivity index (χ4n) is 7.03. The number of benzene rings is 2. The highest BCUT2D eigenvalue weighted by Crippen LogP contribution is 2.58. The summed E-state index contributed by atoms with van der Waals surface area (Å²) in [5.41, 5.74) is -0.336. The second kappa shape index (κ2) is 10.2. The Morgan fingerprint density at radius 3 is 2.22 bits per heavy atom. The minimum atomic E-state index is -1.35. The van der Waals surface area contributed by atoms with Crippen LogP contribution in [-0.4, -0.2) is 63.0 Å². The highest BCUT2D eigenvalue weighted by Gasteiger charge is 2.55. The number of hydrogen-bond acceptors (Lipinski definition) is 9. The maximum atomic E-state index is 13.3. The molecule has 7 rings (SSSR count). The fourth-order valence-corrected chi connectivity index (χ4v) is 7.03. The Morgan fingerprint density at radius 1 is 1.02 bits per heavy atom. The predicted octanol–water partition coefficient (Wildman–Crippen LogP) is 4.03. The summed E-state index contributed by atoms with van der Waals surface area (Å²) in [5, 5.41) is 30.3. The van der Waals surface area contributed by atoms with E-state index in [0.717, 1.165) is 25.9 Å². The van der Waals surface area contributed by atoms with E-state index in [0.29, 0.717) is 46.6 Å². The monoisotopic (exact) mass is 559 g/mol. The zero-order valence-electron chi connectivity index (χ0n) is 22.9. The molecule has 2 aromatic carbocycles. The number of esters is 1. The van der Waals surface area contributed by atoms with E-state index >= 15 is 0 Å². The van der Waals surface area contributed by atoms with Crippen molar-refractivity contribution in [1.82, 2.24) is 4.90 Å². The number of Topliss-reactive ketones (excluding diaryl/α,β-unsaturated/α-hetero) is 2. The first kappa shape index (κ1) is 27.2. The van der Waals surface area contributed by atoms with E-state index in [1.807, 2.05) is 4.90 Å². The van der Waals surface area contributed by atoms with Crippen LogP contribution in [0.2, 0.25) is 0 Å². The minimum Gasteiger partial charge on any atom is -0.508 e. The highest BCUT2D eigenvalue weighted by molar-refractivity contribution is 6.00. The van der Waals surface area contributed by atoms with Gasteiger partial charge in [0.1, 0.15) is 34.3 Å². The number of nitrogens with zero attached hydrogens (tertiary/aromatic N) is 1. The molecule has 0 radical (unpaired) electrons. The van der Waals surface area contributed by atoms with E-state index < -0.39 is 17.1 Å². The van der Waals surface area contributed by atoms with Gasteiger partial charge in [0, 0.05) is 47.6 Å². The summed E-state index contributed by atoms with van der Waals surface area (Å²) >= 11 is 0. The van der Waals surface area contributed by atoms with E-state index in [9.17, 15) is 29.7 Å². The molecule has 2 bridgehead atoms. The van der Waals surface area contributed by atoms with Crippen molar-refractivity contribution in [2.45, 2.75) is 56.6 Å². The van der Waals surface area contributed by atoms with E-state index in [4.69, 9.17) is 9.47 Å². The summed E-state index contributed by atoms with van der Waals surface area (Å²) in [7, 11) is 0. The summed E-state index contributed by atoms with van der Waals surface area (Å²) in [6.45, 7) is 3.06. The van der Waals surface area contributed by atoms with E-state index in [2.05, 4.69) is 0 Å². The molecular weight excluding hydrogens is 526 g/mol. The number of carbonyl (C=O) groups excluding carboxylic acids is 3. The number of carbonyl (C=O) groups is 3. The van der Waals surface area contributed by atoms with Crippen LogP contribution in [0.25, 0.3) is 0 Å². The van der Waals surface area contributed by atoms with Gasteiger partial charge < -0.3 is 24.8 Å². The minimum absolute atomic E-state index is 0.0225. The number of hydrogen-bond donors (Lipinski definition) is 3. The van der Waals surface area contributed by atoms with E-state index in [1.165, 1.54) is 24.3 Å². The molecule has 214 valence electrons. The van der Waals surface area contributed by atoms with Crippen LogP contribution < -0.4 is 4.74 Å². The van der Waals surface area contributed by atoms with Crippen LogP contribution in [0, 0.1) is 5.92 Å². The van der Waals surface area contributed by atoms with Crippen LogP contribution in [0.5, 0.6) is 23.0 Å². The van der Waals surface area contributed by atoms with Crippen molar-refractivity contribution in [1.29, 1.82) is 0 Å². The van der Waals surface area contributed by atoms with Crippen molar-refractivity contribution in [2.24, 2.45) is 5.92 Å². The first-order chi connectivity index (χ1) is 19.7. The molecule has 4 saturated heterocycles. The van der Waals surface area contributed by atoms with Gasteiger partial charge in [-0.25, -0.2) is 4.79 Å². The molecule has 5 aliphatic rings. The van der Waals surface area contributed by atoms with Gasteiger partial charge in [0.05, 0.1) is 12.2 Å². The van der Waals surface area contributed by atoms with Gasteiger partial charge >= 0.3 is 5.97 Å². The largest absolute Gasteiger partial charge is 0.508 e. The van der Waals surface area contributed by atoms with Crippen LogP contribution in [0.4, 0.5) is 0 Å². The average molecular weight is 560 g/mol. The molecule has 9 heteroatoms. The van der Waals surface area contributed by atoms with Crippen molar-refractivity contribution in [3.8, 4) is 23.0 Å². The summed E-state index contributed by atoms with van der Waals surface area (Å²) in [6.07, 6.45) is 6.08. The Labute approximate surface area is 237 Å². The van der Waals surface area contributed by atoms with Gasteiger partial charge in [-0.05, 0) is 70.0 Å². The number of rotatable bonds is 7. The third-order valence-corrected chi connectivity index (χ3v) is 9.11. The van der Waals surface area contributed by atoms with Crippen LogP contribution in [0.3, 0.4) is 0 Å². The van der Waals surface area contributed by atoms with Gasteiger partial charge in [-0.2, -0.15) is 0 Å². The number of phenols is 2. The highest BCUT2D eigenvalue weighted by atomic mass is 16.6. The van der Waals surface area contributed by atoms with Crippen LogP contribution >= 0.6 is 0 Å². The smallest absolute Gasteiger partial charge is 0.339 e. The molecule has 1 unspecified atom stereocenters. The zero-order chi connectivity index (χ0) is 28.9. The van der Waals surface area contributed by atoms with Crippen LogP contribution in [0.1, 0.15) is 56.6 Å². The third kappa shape index (κ3) is 4.18. The molecule has 9 nitrogen and oxygen atoms in total. The number of piperidine rings is 3. The van der Waals surface area contributed by atoms with Crippen LogP contribution in [0.15, 0.2) is 59.7 Å². The Bertz CT molecular complexity index is 1450. The van der Waals surface area contributed by atoms with Gasteiger partial charge in [-0.3, -0.25) is 14.5 Å². The van der Waals surface area contributed by atoms with Crippen LogP contribution in [-0.2, 0) is 24.7 Å². The molecule has 0 aromatic heterocycles. The Hall–Kier alpha value is -3.95. The molecule has 0 amide bonds. The van der Waals surface area contributed by atoms with E-state index in [1.54, 1.807) is 31.2 Å². The van der Waals surface area contributed by atoms with Crippen molar-refractivity contribution in [3.05, 3.63) is 70.8 Å². The second-order valence-corrected chi connectivity index (χ2v) is 11.2. The predicted molar refractivity (Wildman–Crippen MR) is 148 cm³/mol. The molecular formula is C32H33NO8. The van der Waals surface area contributed by atoms with Gasteiger partial charge in [0.2, 0.25) is 0 Å². The van der Waals surface area contributed by atoms with Crippen molar-refractivity contribution < 1.29 is 39.2 Å². The molecule has 1 atom stereocenters. The standard InChI is InChI=1S/C32H33NO8/c1-2-24-23(5-3-4-20(35)10-13-31(18-34)29(38)19-11-14-33(31)15-12-19)30(39)41-32(24)25-8-6-21(36)16-27(25)40-28-17-22(37)7-9-26(28)32/h2,5-9,16-17,19,34,36-37H,3-4,10-15,18H2,1H3/b23-5+,24-2+. The quantitative estimate of drug-likeness (QED) is 0.340. The Morgan fingerprint density at radius 2 is 1.66 bits per heavy atom. The lowest BCUT2D eigenvalue weighted by atomic mass is 9.71. The van der Waals surface area contributed by atoms with Crippen molar-refractivity contribution in [2.75, 3.05) is 19.7 Å². The molecule has 2 aromatic rings. The maximum absolute atomic E-state index is 13.3. The molecule has 0 aliphatic carbocycles. The normalized spacial score (nSPS) is 27.6. The lowest BCUT2D eigenvalue weighted by Crippen LogP contribution is -2.66. The number of ether oxygens (including phenoxy) is 2. The topological polar surface area (TPSA) is 134 Å².